The highest BCUT2D eigenvalue weighted by molar-refractivity contribution is 6.14. The molecule has 3 N–H and O–H groups in total. The highest BCUT2D eigenvalue weighted by Crippen LogP contribution is 2.23. The molecule has 0 aliphatic carbocycles. The van der Waals surface area contributed by atoms with Gasteiger partial charge in [0.15, 0.2) is 5.78 Å². The van der Waals surface area contributed by atoms with E-state index in [-0.39, 0.29) is 11.7 Å². The molecule has 0 spiro atoms. The fraction of sp³-hybridized carbons (Fsp3) is 0.238. The Kier molecular flexibility index (Phi) is 6.30. The quantitative estimate of drug-likeness (QED) is 0.526. The fourth-order valence-electron chi connectivity index (χ4n) is 2.31. The zero-order valence-corrected chi connectivity index (χ0v) is 16.3. The van der Waals surface area contributed by atoms with Gasteiger partial charge in [-0.15, -0.1) is 0 Å². The molecule has 2 aromatic rings. The van der Waals surface area contributed by atoms with Crippen molar-refractivity contribution in [3.63, 3.8) is 0 Å². The highest BCUT2D eigenvalue weighted by atomic mass is 16.2. The first-order chi connectivity index (χ1) is 13.1. The van der Waals surface area contributed by atoms with Crippen molar-refractivity contribution < 1.29 is 19.2 Å². The molecule has 0 atom stereocenters. The van der Waals surface area contributed by atoms with Crippen LogP contribution in [0.25, 0.3) is 0 Å². The van der Waals surface area contributed by atoms with E-state index < -0.39 is 17.2 Å². The summed E-state index contributed by atoms with van der Waals surface area (Å²) in [6, 6.07) is 13.0. The molecule has 0 saturated heterocycles. The molecule has 3 amide bonds. The molecule has 7 heteroatoms. The first-order valence-electron chi connectivity index (χ1n) is 8.71. The van der Waals surface area contributed by atoms with Crippen molar-refractivity contribution in [2.75, 3.05) is 16.0 Å². The number of Topliss-reactive ketones (excluding diaryl/α,β-unsaturated/α-hetero) is 1. The third-order valence-corrected chi connectivity index (χ3v) is 4.15. The minimum absolute atomic E-state index is 0.0675. The van der Waals surface area contributed by atoms with Gasteiger partial charge in [-0.25, -0.2) is 0 Å². The van der Waals surface area contributed by atoms with Crippen LogP contribution in [0, 0.1) is 5.41 Å². The lowest BCUT2D eigenvalue weighted by Gasteiger charge is -2.23. The maximum Gasteiger partial charge on any atom is 0.239 e. The number of carbonyl (C=O) groups excluding carboxylic acids is 4. The van der Waals surface area contributed by atoms with E-state index in [1.54, 1.807) is 48.5 Å². The lowest BCUT2D eigenvalue weighted by Crippen LogP contribution is -2.41. The van der Waals surface area contributed by atoms with Crippen molar-refractivity contribution in [1.29, 1.82) is 0 Å². The topological polar surface area (TPSA) is 104 Å². The van der Waals surface area contributed by atoms with Gasteiger partial charge in [-0.1, -0.05) is 0 Å². The van der Waals surface area contributed by atoms with Crippen molar-refractivity contribution in [3.8, 4) is 0 Å². The lowest BCUT2D eigenvalue weighted by molar-refractivity contribution is -0.135. The van der Waals surface area contributed by atoms with Crippen LogP contribution in [0.5, 0.6) is 0 Å². The number of nitrogens with one attached hydrogen (secondary N) is 3. The molecule has 0 bridgehead atoms. The Hall–Kier alpha value is -3.48. The summed E-state index contributed by atoms with van der Waals surface area (Å²) in [4.78, 5) is 47.5. The molecule has 2 aromatic carbocycles. The summed E-state index contributed by atoms with van der Waals surface area (Å²) in [6.07, 6.45) is 0. The Morgan fingerprint density at radius 1 is 0.643 bits per heavy atom. The monoisotopic (exact) mass is 381 g/mol. The first-order valence-corrected chi connectivity index (χ1v) is 8.71. The Bertz CT molecular complexity index is 900. The van der Waals surface area contributed by atoms with E-state index in [1.165, 1.54) is 27.7 Å². The SMILES string of the molecule is CC(=O)Nc1ccc(NC(=O)C(C)(C)C(=O)Nc2ccc(C(C)=O)cc2)cc1. The molecule has 0 unspecified atom stereocenters. The molecule has 0 aromatic heterocycles. The van der Waals surface area contributed by atoms with Gasteiger partial charge in [0.1, 0.15) is 5.41 Å². The number of ketones is 1. The molecular weight excluding hydrogens is 358 g/mol. The Morgan fingerprint density at radius 2 is 1.00 bits per heavy atom. The van der Waals surface area contributed by atoms with E-state index in [2.05, 4.69) is 16.0 Å². The van der Waals surface area contributed by atoms with Gasteiger partial charge in [0.25, 0.3) is 0 Å². The Morgan fingerprint density at radius 3 is 1.36 bits per heavy atom. The molecule has 0 aliphatic heterocycles. The van der Waals surface area contributed by atoms with Gasteiger partial charge in [0.05, 0.1) is 0 Å². The maximum absolute atomic E-state index is 12.6. The second kappa shape index (κ2) is 8.47. The number of hydrogen-bond donors (Lipinski definition) is 3. The average molecular weight is 381 g/mol. The van der Waals surface area contributed by atoms with E-state index in [1.807, 2.05) is 0 Å². The number of anilines is 3. The molecule has 146 valence electrons. The fourth-order valence-corrected chi connectivity index (χ4v) is 2.31. The van der Waals surface area contributed by atoms with Crippen molar-refractivity contribution in [2.24, 2.45) is 5.41 Å². The van der Waals surface area contributed by atoms with Crippen LogP contribution in [0.1, 0.15) is 38.1 Å². The van der Waals surface area contributed by atoms with Crippen LogP contribution >= 0.6 is 0 Å². The summed E-state index contributed by atoms with van der Waals surface area (Å²) in [7, 11) is 0. The molecule has 0 saturated carbocycles. The van der Waals surface area contributed by atoms with Crippen molar-refractivity contribution in [1.82, 2.24) is 0 Å². The number of hydrogen-bond acceptors (Lipinski definition) is 4. The Labute approximate surface area is 163 Å². The molecule has 0 heterocycles. The van der Waals surface area contributed by atoms with E-state index in [4.69, 9.17) is 0 Å². The second-order valence-electron chi connectivity index (χ2n) is 6.93. The third kappa shape index (κ3) is 5.26. The van der Waals surface area contributed by atoms with Gasteiger partial charge in [-0.3, -0.25) is 19.2 Å². The summed E-state index contributed by atoms with van der Waals surface area (Å²) in [5.74, 6) is -1.21. The minimum Gasteiger partial charge on any atom is -0.326 e. The lowest BCUT2D eigenvalue weighted by atomic mass is 9.90. The summed E-state index contributed by atoms with van der Waals surface area (Å²) in [5.41, 5.74) is 0.811. The zero-order chi connectivity index (χ0) is 20.9. The van der Waals surface area contributed by atoms with Crippen LogP contribution in [0.3, 0.4) is 0 Å². The maximum atomic E-state index is 12.6. The van der Waals surface area contributed by atoms with Gasteiger partial charge in [-0.05, 0) is 69.3 Å². The number of rotatable bonds is 6. The van der Waals surface area contributed by atoms with Gasteiger partial charge in [0.2, 0.25) is 17.7 Å². The van der Waals surface area contributed by atoms with Crippen molar-refractivity contribution in [2.45, 2.75) is 27.7 Å². The summed E-state index contributed by atoms with van der Waals surface area (Å²) < 4.78 is 0. The van der Waals surface area contributed by atoms with E-state index in [0.717, 1.165) is 0 Å². The van der Waals surface area contributed by atoms with Crippen LogP contribution in [-0.4, -0.2) is 23.5 Å². The van der Waals surface area contributed by atoms with Gasteiger partial charge >= 0.3 is 0 Å². The predicted octanol–water partition coefficient (Wildman–Crippen LogP) is 3.45. The predicted molar refractivity (Wildman–Crippen MR) is 108 cm³/mol. The summed E-state index contributed by atoms with van der Waals surface area (Å²) >= 11 is 0. The third-order valence-electron chi connectivity index (χ3n) is 4.15. The van der Waals surface area contributed by atoms with Gasteiger partial charge in [0, 0.05) is 29.5 Å². The largest absolute Gasteiger partial charge is 0.326 e. The van der Waals surface area contributed by atoms with Crippen LogP contribution in [0.15, 0.2) is 48.5 Å². The van der Waals surface area contributed by atoms with E-state index in [0.29, 0.717) is 22.6 Å². The molecule has 0 radical (unpaired) electrons. The zero-order valence-electron chi connectivity index (χ0n) is 16.3. The second-order valence-corrected chi connectivity index (χ2v) is 6.93. The van der Waals surface area contributed by atoms with Crippen LogP contribution < -0.4 is 16.0 Å². The number of benzene rings is 2. The van der Waals surface area contributed by atoms with Gasteiger partial charge in [-0.2, -0.15) is 0 Å². The van der Waals surface area contributed by atoms with E-state index in [9.17, 15) is 19.2 Å². The number of carbonyl (C=O) groups is 4. The molecule has 7 nitrogen and oxygen atoms in total. The Balaban J connectivity index is 2.03. The molecule has 0 fully saturated rings. The first kappa shape index (κ1) is 20.8. The molecular formula is C21H23N3O4. The van der Waals surface area contributed by atoms with Crippen molar-refractivity contribution in [3.05, 3.63) is 54.1 Å². The molecule has 0 aliphatic rings. The smallest absolute Gasteiger partial charge is 0.239 e. The van der Waals surface area contributed by atoms with Crippen LogP contribution in [-0.2, 0) is 14.4 Å². The normalized spacial score (nSPS) is 10.7. The number of amides is 3. The van der Waals surface area contributed by atoms with E-state index >= 15 is 0 Å². The summed E-state index contributed by atoms with van der Waals surface area (Å²) in [5, 5.41) is 8.02. The highest BCUT2D eigenvalue weighted by Gasteiger charge is 2.36. The van der Waals surface area contributed by atoms with Crippen LogP contribution in [0.4, 0.5) is 17.1 Å². The molecule has 28 heavy (non-hydrogen) atoms. The standard InChI is InChI=1S/C21H23N3O4/c1-13(25)15-5-7-17(8-6-15)23-19(27)21(3,4)20(28)24-18-11-9-16(10-12-18)22-14(2)26/h5-12H,1-4H3,(H,22,26)(H,23,27)(H,24,28). The summed E-state index contributed by atoms with van der Waals surface area (Å²) in [6.45, 7) is 5.91. The van der Waals surface area contributed by atoms with Gasteiger partial charge < -0.3 is 16.0 Å². The average Bonchev–Trinajstić information content (AvgIpc) is 2.63. The van der Waals surface area contributed by atoms with Crippen molar-refractivity contribution >= 4 is 40.6 Å². The minimum atomic E-state index is -1.34. The van der Waals surface area contributed by atoms with Crippen LogP contribution in [0.2, 0.25) is 0 Å². The molecule has 2 rings (SSSR count).